The predicted octanol–water partition coefficient (Wildman–Crippen LogP) is 1.58. The van der Waals surface area contributed by atoms with Crippen LogP contribution in [0.1, 0.15) is 5.56 Å². The van der Waals surface area contributed by atoms with Crippen molar-refractivity contribution in [3.05, 3.63) is 36.2 Å². The van der Waals surface area contributed by atoms with E-state index in [4.69, 9.17) is 11.0 Å². The molecule has 8 heteroatoms. The SMILES string of the molecule is N#CCc1cccc2[nH]c(-c3nccnc3NC(N)=O)nc12. The van der Waals surface area contributed by atoms with E-state index < -0.39 is 6.03 Å². The molecular weight excluding hydrogens is 282 g/mol. The van der Waals surface area contributed by atoms with Crippen LogP contribution in [0.5, 0.6) is 0 Å². The summed E-state index contributed by atoms with van der Waals surface area (Å²) in [6.07, 6.45) is 3.19. The molecule has 0 bridgehead atoms. The molecule has 1 aromatic carbocycles. The first-order valence-corrected chi connectivity index (χ1v) is 6.41. The van der Waals surface area contributed by atoms with E-state index in [0.29, 0.717) is 17.0 Å². The van der Waals surface area contributed by atoms with Gasteiger partial charge in [-0.3, -0.25) is 5.32 Å². The van der Waals surface area contributed by atoms with E-state index in [2.05, 4.69) is 31.3 Å². The van der Waals surface area contributed by atoms with Crippen molar-refractivity contribution in [2.24, 2.45) is 5.73 Å². The minimum absolute atomic E-state index is 0.218. The van der Waals surface area contributed by atoms with Gasteiger partial charge in [0, 0.05) is 12.4 Å². The number of hydrogen-bond donors (Lipinski definition) is 3. The Hall–Kier alpha value is -3.47. The first-order chi connectivity index (χ1) is 10.7. The predicted molar refractivity (Wildman–Crippen MR) is 79.6 cm³/mol. The number of primary amides is 1. The number of imidazole rings is 1. The summed E-state index contributed by atoms with van der Waals surface area (Å²) in [6.45, 7) is 0. The number of carbonyl (C=O) groups is 1. The fraction of sp³-hybridized carbons (Fsp3) is 0.0714. The van der Waals surface area contributed by atoms with Crippen molar-refractivity contribution in [3.63, 3.8) is 0 Å². The second-order valence-electron chi connectivity index (χ2n) is 4.48. The molecule has 0 unspecified atom stereocenters. The highest BCUT2D eigenvalue weighted by molar-refractivity contribution is 5.91. The fourth-order valence-electron chi connectivity index (χ4n) is 2.15. The van der Waals surface area contributed by atoms with Crippen molar-refractivity contribution in [1.82, 2.24) is 19.9 Å². The Morgan fingerprint density at radius 3 is 2.95 bits per heavy atom. The number of carbonyl (C=O) groups excluding carboxylic acids is 1. The van der Waals surface area contributed by atoms with Gasteiger partial charge in [0.05, 0.1) is 23.5 Å². The number of para-hydroxylation sites is 1. The van der Waals surface area contributed by atoms with Crippen LogP contribution < -0.4 is 11.1 Å². The molecule has 2 aromatic heterocycles. The smallest absolute Gasteiger partial charge is 0.317 e. The van der Waals surface area contributed by atoms with Crippen molar-refractivity contribution in [2.45, 2.75) is 6.42 Å². The highest BCUT2D eigenvalue weighted by atomic mass is 16.2. The minimum Gasteiger partial charge on any atom is -0.351 e. The Balaban J connectivity index is 2.14. The fourth-order valence-corrected chi connectivity index (χ4v) is 2.15. The molecule has 0 aliphatic heterocycles. The number of H-pyrrole nitrogens is 1. The first kappa shape index (κ1) is 13.5. The number of urea groups is 1. The summed E-state index contributed by atoms with van der Waals surface area (Å²) in [5.74, 6) is 0.660. The Labute approximate surface area is 125 Å². The van der Waals surface area contributed by atoms with Gasteiger partial charge in [0.1, 0.15) is 5.69 Å². The summed E-state index contributed by atoms with van der Waals surface area (Å²) in [4.78, 5) is 26.8. The second kappa shape index (κ2) is 5.49. The lowest BCUT2D eigenvalue weighted by molar-refractivity contribution is 0.259. The number of rotatable bonds is 3. The maximum Gasteiger partial charge on any atom is 0.317 e. The van der Waals surface area contributed by atoms with E-state index in [1.807, 2.05) is 18.2 Å². The van der Waals surface area contributed by atoms with Crippen LogP contribution in [-0.2, 0) is 6.42 Å². The van der Waals surface area contributed by atoms with Crippen molar-refractivity contribution in [2.75, 3.05) is 5.32 Å². The third-order valence-electron chi connectivity index (χ3n) is 3.03. The van der Waals surface area contributed by atoms with Crippen LogP contribution >= 0.6 is 0 Å². The zero-order chi connectivity index (χ0) is 15.5. The molecule has 2 amide bonds. The number of anilines is 1. The van der Waals surface area contributed by atoms with Gasteiger partial charge in [0.2, 0.25) is 0 Å². The molecule has 3 rings (SSSR count). The van der Waals surface area contributed by atoms with Gasteiger partial charge in [-0.15, -0.1) is 0 Å². The van der Waals surface area contributed by atoms with Crippen molar-refractivity contribution in [1.29, 1.82) is 5.26 Å². The molecule has 2 heterocycles. The van der Waals surface area contributed by atoms with Crippen LogP contribution in [0.2, 0.25) is 0 Å². The standard InChI is InChI=1S/C14H11N7O/c15-5-4-8-2-1-3-9-10(8)20-13(19-9)11-12(21-14(16)22)18-7-6-17-11/h1-3,6-7H,4H2,(H,19,20)(H3,16,18,21,22). The molecule has 0 atom stereocenters. The van der Waals surface area contributed by atoms with Crippen molar-refractivity contribution >= 4 is 22.9 Å². The largest absolute Gasteiger partial charge is 0.351 e. The number of nitrogens with zero attached hydrogens (tertiary/aromatic N) is 4. The molecule has 0 aliphatic carbocycles. The second-order valence-corrected chi connectivity index (χ2v) is 4.48. The van der Waals surface area contributed by atoms with Gasteiger partial charge in [-0.05, 0) is 11.6 Å². The van der Waals surface area contributed by atoms with E-state index in [-0.39, 0.29) is 12.2 Å². The van der Waals surface area contributed by atoms with Crippen molar-refractivity contribution in [3.8, 4) is 17.6 Å². The summed E-state index contributed by atoms with van der Waals surface area (Å²) in [5.41, 5.74) is 7.78. The van der Waals surface area contributed by atoms with Gasteiger partial charge in [0.25, 0.3) is 0 Å². The van der Waals surface area contributed by atoms with Gasteiger partial charge in [-0.25, -0.2) is 19.7 Å². The molecule has 108 valence electrons. The summed E-state index contributed by atoms with van der Waals surface area (Å²) in [6, 6.07) is 6.91. The number of aromatic nitrogens is 4. The van der Waals surface area contributed by atoms with Gasteiger partial charge >= 0.3 is 6.03 Å². The molecular formula is C14H11N7O. The van der Waals surface area contributed by atoms with Gasteiger partial charge in [-0.1, -0.05) is 12.1 Å². The molecule has 0 saturated carbocycles. The van der Waals surface area contributed by atoms with Crippen LogP contribution in [0.25, 0.3) is 22.6 Å². The number of fused-ring (bicyclic) bond motifs is 1. The van der Waals surface area contributed by atoms with Crippen LogP contribution in [0, 0.1) is 11.3 Å². The molecule has 0 radical (unpaired) electrons. The van der Waals surface area contributed by atoms with E-state index >= 15 is 0 Å². The number of amides is 2. The third kappa shape index (κ3) is 2.43. The number of aromatic amines is 1. The van der Waals surface area contributed by atoms with Gasteiger partial charge < -0.3 is 10.7 Å². The highest BCUT2D eigenvalue weighted by Crippen LogP contribution is 2.25. The maximum atomic E-state index is 11.0. The van der Waals surface area contributed by atoms with E-state index in [1.54, 1.807) is 0 Å². The molecule has 22 heavy (non-hydrogen) atoms. The monoisotopic (exact) mass is 293 g/mol. The number of nitrogens with one attached hydrogen (secondary N) is 2. The zero-order valence-corrected chi connectivity index (χ0v) is 11.4. The van der Waals surface area contributed by atoms with E-state index in [0.717, 1.165) is 11.1 Å². The zero-order valence-electron chi connectivity index (χ0n) is 11.4. The van der Waals surface area contributed by atoms with Crippen LogP contribution in [0.15, 0.2) is 30.6 Å². The minimum atomic E-state index is -0.733. The number of nitriles is 1. The molecule has 0 spiro atoms. The average Bonchev–Trinajstić information content (AvgIpc) is 2.92. The lowest BCUT2D eigenvalue weighted by atomic mass is 10.1. The molecule has 0 saturated heterocycles. The highest BCUT2D eigenvalue weighted by Gasteiger charge is 2.15. The van der Waals surface area contributed by atoms with Gasteiger partial charge in [-0.2, -0.15) is 5.26 Å². The summed E-state index contributed by atoms with van der Waals surface area (Å²) in [5, 5.41) is 11.3. The Bertz CT molecular complexity index is 894. The Kier molecular flexibility index (Phi) is 3.37. The van der Waals surface area contributed by atoms with E-state index in [9.17, 15) is 4.79 Å². The molecule has 3 aromatic rings. The molecule has 4 N–H and O–H groups in total. The summed E-state index contributed by atoms with van der Waals surface area (Å²) < 4.78 is 0. The van der Waals surface area contributed by atoms with Crippen LogP contribution in [-0.4, -0.2) is 26.0 Å². The average molecular weight is 293 g/mol. The molecule has 0 fully saturated rings. The number of hydrogen-bond acceptors (Lipinski definition) is 5. The maximum absolute atomic E-state index is 11.0. The van der Waals surface area contributed by atoms with Crippen LogP contribution in [0.3, 0.4) is 0 Å². The van der Waals surface area contributed by atoms with Crippen molar-refractivity contribution < 1.29 is 4.79 Å². The summed E-state index contributed by atoms with van der Waals surface area (Å²) in [7, 11) is 0. The molecule has 8 nitrogen and oxygen atoms in total. The topological polar surface area (TPSA) is 133 Å². The normalized spacial score (nSPS) is 10.3. The Morgan fingerprint density at radius 2 is 2.18 bits per heavy atom. The Morgan fingerprint density at radius 1 is 1.36 bits per heavy atom. The number of nitrogens with two attached hydrogens (primary N) is 1. The van der Waals surface area contributed by atoms with E-state index in [1.165, 1.54) is 12.4 Å². The van der Waals surface area contributed by atoms with Gasteiger partial charge in [0.15, 0.2) is 11.6 Å². The first-order valence-electron chi connectivity index (χ1n) is 6.41. The lowest BCUT2D eigenvalue weighted by Crippen LogP contribution is -2.20. The van der Waals surface area contributed by atoms with Crippen LogP contribution in [0.4, 0.5) is 10.6 Å². The molecule has 0 aliphatic rings. The summed E-state index contributed by atoms with van der Waals surface area (Å²) >= 11 is 0. The third-order valence-corrected chi connectivity index (χ3v) is 3.03. The number of benzene rings is 1. The quantitative estimate of drug-likeness (QED) is 0.674. The lowest BCUT2D eigenvalue weighted by Gasteiger charge is -2.04.